The second-order valence-electron chi connectivity index (χ2n) is 5.70. The van der Waals surface area contributed by atoms with E-state index in [0.29, 0.717) is 17.5 Å². The van der Waals surface area contributed by atoms with Gasteiger partial charge in [0.15, 0.2) is 0 Å². The summed E-state index contributed by atoms with van der Waals surface area (Å²) in [6, 6.07) is 16.6. The van der Waals surface area contributed by atoms with Gasteiger partial charge in [-0.1, -0.05) is 29.8 Å². The van der Waals surface area contributed by atoms with Crippen LogP contribution in [-0.2, 0) is 0 Å². The zero-order valence-electron chi connectivity index (χ0n) is 11.9. The summed E-state index contributed by atoms with van der Waals surface area (Å²) in [7, 11) is 0. The highest BCUT2D eigenvalue weighted by molar-refractivity contribution is 6.30. The number of halogens is 1. The molecule has 0 unspecified atom stereocenters. The van der Waals surface area contributed by atoms with E-state index >= 15 is 0 Å². The Morgan fingerprint density at radius 3 is 2.52 bits per heavy atom. The first-order chi connectivity index (χ1) is 10.2. The lowest BCUT2D eigenvalue weighted by Gasteiger charge is -2.37. The van der Waals surface area contributed by atoms with Gasteiger partial charge in [0.1, 0.15) is 0 Å². The van der Waals surface area contributed by atoms with Gasteiger partial charge in [0.25, 0.3) is 0 Å². The number of hydrogen-bond acceptors (Lipinski definition) is 2. The molecule has 3 heteroatoms. The molecular formula is C18H17ClN2. The molecular weight excluding hydrogens is 280 g/mol. The van der Waals surface area contributed by atoms with Crippen molar-refractivity contribution in [3.8, 4) is 6.07 Å². The summed E-state index contributed by atoms with van der Waals surface area (Å²) < 4.78 is 0. The van der Waals surface area contributed by atoms with E-state index < -0.39 is 0 Å². The van der Waals surface area contributed by atoms with Crippen LogP contribution in [-0.4, -0.2) is 6.04 Å². The number of nitrogens with zero attached hydrogens (tertiary/aromatic N) is 1. The van der Waals surface area contributed by atoms with Crippen molar-refractivity contribution in [1.29, 1.82) is 5.26 Å². The summed E-state index contributed by atoms with van der Waals surface area (Å²) in [6.45, 7) is 2.07. The highest BCUT2D eigenvalue weighted by Crippen LogP contribution is 2.39. The molecule has 1 aliphatic carbocycles. The molecule has 1 saturated carbocycles. The summed E-state index contributed by atoms with van der Waals surface area (Å²) in [5.74, 6) is 0.610. The number of rotatable bonds is 3. The number of benzene rings is 2. The van der Waals surface area contributed by atoms with Crippen molar-refractivity contribution >= 4 is 17.3 Å². The Kier molecular flexibility index (Phi) is 3.86. The Labute approximate surface area is 130 Å². The van der Waals surface area contributed by atoms with Crippen molar-refractivity contribution in [3.05, 3.63) is 64.2 Å². The molecule has 106 valence electrons. The minimum atomic E-state index is 0.485. The van der Waals surface area contributed by atoms with E-state index in [-0.39, 0.29) is 0 Å². The lowest BCUT2D eigenvalue weighted by molar-refractivity contribution is 0.374. The molecule has 2 aromatic rings. The van der Waals surface area contributed by atoms with Crippen molar-refractivity contribution < 1.29 is 0 Å². The molecule has 21 heavy (non-hydrogen) atoms. The highest BCUT2D eigenvalue weighted by atomic mass is 35.5. The van der Waals surface area contributed by atoms with Crippen molar-refractivity contribution in [2.45, 2.75) is 31.7 Å². The van der Waals surface area contributed by atoms with Crippen LogP contribution in [0.2, 0.25) is 5.02 Å². The van der Waals surface area contributed by atoms with Crippen LogP contribution in [0, 0.1) is 18.3 Å². The first-order valence-electron chi connectivity index (χ1n) is 7.18. The minimum Gasteiger partial charge on any atom is -0.382 e. The van der Waals surface area contributed by atoms with Gasteiger partial charge in [0.2, 0.25) is 0 Å². The molecule has 0 saturated heterocycles. The molecule has 2 aromatic carbocycles. The van der Waals surface area contributed by atoms with Gasteiger partial charge in [-0.2, -0.15) is 5.26 Å². The first-order valence-corrected chi connectivity index (χ1v) is 7.56. The van der Waals surface area contributed by atoms with E-state index in [4.69, 9.17) is 16.9 Å². The van der Waals surface area contributed by atoms with Gasteiger partial charge >= 0.3 is 0 Å². The molecule has 0 spiro atoms. The van der Waals surface area contributed by atoms with Crippen LogP contribution in [0.5, 0.6) is 0 Å². The van der Waals surface area contributed by atoms with Crippen LogP contribution in [0.3, 0.4) is 0 Å². The predicted molar refractivity (Wildman–Crippen MR) is 86.7 cm³/mol. The van der Waals surface area contributed by atoms with E-state index in [1.54, 1.807) is 0 Å². The van der Waals surface area contributed by atoms with Gasteiger partial charge < -0.3 is 5.32 Å². The molecule has 0 amide bonds. The number of aryl methyl sites for hydroxylation is 1. The third kappa shape index (κ3) is 3.04. The fourth-order valence-corrected chi connectivity index (χ4v) is 2.94. The maximum Gasteiger partial charge on any atom is 0.0992 e. The van der Waals surface area contributed by atoms with Gasteiger partial charge in [-0.15, -0.1) is 0 Å². The molecule has 1 fully saturated rings. The molecule has 1 N–H and O–H groups in total. The van der Waals surface area contributed by atoms with Gasteiger partial charge in [0, 0.05) is 16.8 Å². The van der Waals surface area contributed by atoms with Gasteiger partial charge in [-0.05, 0) is 61.1 Å². The van der Waals surface area contributed by atoms with E-state index in [1.165, 1.54) is 11.1 Å². The summed E-state index contributed by atoms with van der Waals surface area (Å²) in [4.78, 5) is 0. The van der Waals surface area contributed by atoms with E-state index in [0.717, 1.165) is 23.6 Å². The van der Waals surface area contributed by atoms with Crippen LogP contribution in [0.1, 0.15) is 35.4 Å². The second kappa shape index (κ2) is 5.79. The van der Waals surface area contributed by atoms with Gasteiger partial charge in [0.05, 0.1) is 11.6 Å². The summed E-state index contributed by atoms with van der Waals surface area (Å²) >= 11 is 5.92. The van der Waals surface area contributed by atoms with E-state index in [1.807, 2.05) is 30.3 Å². The molecule has 0 bridgehead atoms. The third-order valence-electron chi connectivity index (χ3n) is 4.21. The average Bonchev–Trinajstić information content (AvgIpc) is 2.45. The normalized spacial score (nSPS) is 20.4. The largest absolute Gasteiger partial charge is 0.382 e. The predicted octanol–water partition coefficient (Wildman–Crippen LogP) is 4.88. The van der Waals surface area contributed by atoms with Crippen LogP contribution in [0.15, 0.2) is 42.5 Å². The first kappa shape index (κ1) is 14.0. The maximum atomic E-state index is 8.98. The highest BCUT2D eigenvalue weighted by Gasteiger charge is 2.30. The zero-order valence-corrected chi connectivity index (χ0v) is 12.7. The Balaban J connectivity index is 1.62. The number of nitrogens with one attached hydrogen (secondary N) is 1. The van der Waals surface area contributed by atoms with Crippen LogP contribution < -0.4 is 5.32 Å². The topological polar surface area (TPSA) is 35.8 Å². The molecule has 0 aliphatic heterocycles. The molecule has 2 nitrogen and oxygen atoms in total. The Morgan fingerprint density at radius 1 is 1.14 bits per heavy atom. The van der Waals surface area contributed by atoms with Crippen molar-refractivity contribution in [1.82, 2.24) is 0 Å². The fourth-order valence-electron chi connectivity index (χ4n) is 2.81. The molecule has 0 aromatic heterocycles. The average molecular weight is 297 g/mol. The molecule has 3 rings (SSSR count). The summed E-state index contributed by atoms with van der Waals surface area (Å²) in [5.41, 5.74) is 4.33. The summed E-state index contributed by atoms with van der Waals surface area (Å²) in [6.07, 6.45) is 2.25. The molecule has 0 radical (unpaired) electrons. The minimum absolute atomic E-state index is 0.485. The van der Waals surface area contributed by atoms with Crippen LogP contribution in [0.25, 0.3) is 0 Å². The van der Waals surface area contributed by atoms with Gasteiger partial charge in [-0.3, -0.25) is 0 Å². The lowest BCUT2D eigenvalue weighted by atomic mass is 9.76. The Morgan fingerprint density at radius 2 is 1.86 bits per heavy atom. The smallest absolute Gasteiger partial charge is 0.0992 e. The Bertz CT molecular complexity index is 679. The zero-order chi connectivity index (χ0) is 14.8. The van der Waals surface area contributed by atoms with Crippen molar-refractivity contribution in [3.63, 3.8) is 0 Å². The monoisotopic (exact) mass is 296 g/mol. The van der Waals surface area contributed by atoms with Crippen molar-refractivity contribution in [2.75, 3.05) is 5.32 Å². The summed E-state index contributed by atoms with van der Waals surface area (Å²) in [5, 5.41) is 13.3. The van der Waals surface area contributed by atoms with E-state index in [9.17, 15) is 0 Å². The molecule has 0 heterocycles. The van der Waals surface area contributed by atoms with Crippen LogP contribution in [0.4, 0.5) is 5.69 Å². The molecule has 1 aliphatic rings. The maximum absolute atomic E-state index is 8.98. The SMILES string of the molecule is Cc1ccc(C#N)cc1NC1CC(c2ccc(Cl)cc2)C1. The quantitative estimate of drug-likeness (QED) is 0.876. The fraction of sp³-hybridized carbons (Fsp3) is 0.278. The number of nitriles is 1. The standard InChI is InChI=1S/C18H17ClN2/c1-12-2-3-13(11-20)8-18(12)21-17-9-15(10-17)14-4-6-16(19)7-5-14/h2-8,15,17,21H,9-10H2,1H3. The van der Waals surface area contributed by atoms with E-state index in [2.05, 4.69) is 30.4 Å². The van der Waals surface area contributed by atoms with Gasteiger partial charge in [-0.25, -0.2) is 0 Å². The second-order valence-corrected chi connectivity index (χ2v) is 6.14. The Hall–Kier alpha value is -1.98. The number of hydrogen-bond donors (Lipinski definition) is 1. The lowest BCUT2D eigenvalue weighted by Crippen LogP contribution is -2.34. The molecule has 0 atom stereocenters. The van der Waals surface area contributed by atoms with Crippen LogP contribution >= 0.6 is 11.6 Å². The third-order valence-corrected chi connectivity index (χ3v) is 4.46. The van der Waals surface area contributed by atoms with Crippen molar-refractivity contribution in [2.24, 2.45) is 0 Å². The number of anilines is 1.